The summed E-state index contributed by atoms with van der Waals surface area (Å²) in [6, 6.07) is 5.39. The summed E-state index contributed by atoms with van der Waals surface area (Å²) in [4.78, 5) is 4.31. The number of nitrogens with two attached hydrogens (primary N) is 1. The SMILES string of the molecule is CC(C)OCCCCN=C(N)NC(C)c1ccc(Cl)cc1Cl. The molecule has 1 aromatic rings. The van der Waals surface area contributed by atoms with Crippen molar-refractivity contribution in [1.29, 1.82) is 0 Å². The number of guanidine groups is 1. The number of ether oxygens (including phenoxy) is 1. The molecule has 1 rings (SSSR count). The van der Waals surface area contributed by atoms with Crippen molar-refractivity contribution in [3.63, 3.8) is 0 Å². The van der Waals surface area contributed by atoms with Gasteiger partial charge in [0.15, 0.2) is 5.96 Å². The molecule has 0 saturated carbocycles. The van der Waals surface area contributed by atoms with Crippen LogP contribution in [0.5, 0.6) is 0 Å². The van der Waals surface area contributed by atoms with Crippen molar-refractivity contribution in [2.75, 3.05) is 13.2 Å². The van der Waals surface area contributed by atoms with Gasteiger partial charge in [-0.1, -0.05) is 29.3 Å². The Hall–Kier alpha value is -0.970. The van der Waals surface area contributed by atoms with Crippen molar-refractivity contribution in [2.45, 2.75) is 45.8 Å². The number of nitrogens with zero attached hydrogens (tertiary/aromatic N) is 1. The minimum atomic E-state index is -0.0298. The molecule has 3 N–H and O–H groups in total. The van der Waals surface area contributed by atoms with Gasteiger partial charge >= 0.3 is 0 Å². The number of halogens is 2. The van der Waals surface area contributed by atoms with Gasteiger partial charge in [-0.25, -0.2) is 0 Å². The van der Waals surface area contributed by atoms with Crippen LogP contribution < -0.4 is 11.1 Å². The van der Waals surface area contributed by atoms with E-state index < -0.39 is 0 Å². The fourth-order valence-corrected chi connectivity index (χ4v) is 2.50. The summed E-state index contributed by atoms with van der Waals surface area (Å²) in [5, 5.41) is 4.37. The van der Waals surface area contributed by atoms with Crippen molar-refractivity contribution < 1.29 is 4.74 Å². The highest BCUT2D eigenvalue weighted by atomic mass is 35.5. The Morgan fingerprint density at radius 1 is 1.27 bits per heavy atom. The van der Waals surface area contributed by atoms with Crippen LogP contribution in [0.15, 0.2) is 23.2 Å². The number of benzene rings is 1. The normalized spacial score (nSPS) is 13.5. The summed E-state index contributed by atoms with van der Waals surface area (Å²) in [6.45, 7) is 7.49. The van der Waals surface area contributed by atoms with E-state index in [2.05, 4.69) is 10.3 Å². The average Bonchev–Trinajstić information content (AvgIpc) is 2.42. The topological polar surface area (TPSA) is 59.6 Å². The van der Waals surface area contributed by atoms with Crippen molar-refractivity contribution in [1.82, 2.24) is 5.32 Å². The lowest BCUT2D eigenvalue weighted by atomic mass is 10.1. The largest absolute Gasteiger partial charge is 0.379 e. The van der Waals surface area contributed by atoms with Gasteiger partial charge < -0.3 is 15.8 Å². The molecule has 4 nitrogen and oxygen atoms in total. The molecule has 124 valence electrons. The lowest BCUT2D eigenvalue weighted by Gasteiger charge is -2.16. The van der Waals surface area contributed by atoms with Gasteiger partial charge in [0, 0.05) is 23.2 Å². The van der Waals surface area contributed by atoms with Crippen molar-refractivity contribution in [3.8, 4) is 0 Å². The molecule has 0 fully saturated rings. The zero-order valence-electron chi connectivity index (χ0n) is 13.4. The summed E-state index contributed by atoms with van der Waals surface area (Å²) in [7, 11) is 0. The molecule has 0 spiro atoms. The maximum atomic E-state index is 6.18. The maximum Gasteiger partial charge on any atom is 0.189 e. The predicted molar refractivity (Wildman–Crippen MR) is 94.8 cm³/mol. The number of rotatable bonds is 8. The van der Waals surface area contributed by atoms with Crippen LogP contribution in [0.2, 0.25) is 10.0 Å². The minimum Gasteiger partial charge on any atom is -0.379 e. The monoisotopic (exact) mass is 345 g/mol. The molecule has 0 amide bonds. The zero-order valence-corrected chi connectivity index (χ0v) is 14.9. The molecule has 1 unspecified atom stereocenters. The summed E-state index contributed by atoms with van der Waals surface area (Å²) >= 11 is 12.1. The number of unbranched alkanes of at least 4 members (excludes halogenated alkanes) is 1. The van der Waals surface area contributed by atoms with E-state index in [9.17, 15) is 0 Å². The van der Waals surface area contributed by atoms with Crippen LogP contribution in [-0.4, -0.2) is 25.2 Å². The van der Waals surface area contributed by atoms with Gasteiger partial charge in [-0.3, -0.25) is 4.99 Å². The zero-order chi connectivity index (χ0) is 16.5. The molecule has 0 saturated heterocycles. The molecular formula is C16H25Cl2N3O. The first-order chi connectivity index (χ1) is 10.4. The molecule has 0 radical (unpaired) electrons. The Morgan fingerprint density at radius 3 is 2.64 bits per heavy atom. The van der Waals surface area contributed by atoms with E-state index in [0.29, 0.717) is 22.5 Å². The molecule has 0 aliphatic carbocycles. The van der Waals surface area contributed by atoms with Crippen molar-refractivity contribution in [2.24, 2.45) is 10.7 Å². The number of hydrogen-bond acceptors (Lipinski definition) is 2. The number of hydrogen-bond donors (Lipinski definition) is 2. The number of nitrogens with one attached hydrogen (secondary N) is 1. The van der Waals surface area contributed by atoms with Crippen LogP contribution in [0.1, 0.15) is 45.2 Å². The molecule has 0 aliphatic heterocycles. The molecule has 6 heteroatoms. The quantitative estimate of drug-likeness (QED) is 0.422. The summed E-state index contributed by atoms with van der Waals surface area (Å²) < 4.78 is 5.47. The van der Waals surface area contributed by atoms with Crippen LogP contribution in [-0.2, 0) is 4.74 Å². The molecule has 0 aliphatic rings. The van der Waals surface area contributed by atoms with Crippen LogP contribution in [0.3, 0.4) is 0 Å². The Bertz CT molecular complexity index is 492. The third kappa shape index (κ3) is 7.34. The minimum absolute atomic E-state index is 0.0298. The van der Waals surface area contributed by atoms with Gasteiger partial charge in [-0.2, -0.15) is 0 Å². The van der Waals surface area contributed by atoms with Gasteiger partial charge in [0.1, 0.15) is 0 Å². The third-order valence-corrected chi connectivity index (χ3v) is 3.64. The van der Waals surface area contributed by atoms with E-state index in [1.54, 1.807) is 6.07 Å². The van der Waals surface area contributed by atoms with Gasteiger partial charge in [0.25, 0.3) is 0 Å². The first-order valence-electron chi connectivity index (χ1n) is 7.53. The van der Waals surface area contributed by atoms with E-state index in [0.717, 1.165) is 25.0 Å². The summed E-state index contributed by atoms with van der Waals surface area (Å²) in [5.41, 5.74) is 6.83. The first kappa shape index (κ1) is 19.1. The third-order valence-electron chi connectivity index (χ3n) is 3.08. The Morgan fingerprint density at radius 2 is 2.00 bits per heavy atom. The van der Waals surface area contributed by atoms with Crippen LogP contribution in [0.4, 0.5) is 0 Å². The van der Waals surface area contributed by atoms with Crippen molar-refractivity contribution >= 4 is 29.2 Å². The highest BCUT2D eigenvalue weighted by molar-refractivity contribution is 6.35. The number of aliphatic imine (C=N–C) groups is 1. The second kappa shape index (κ2) is 9.93. The smallest absolute Gasteiger partial charge is 0.189 e. The van der Waals surface area contributed by atoms with Gasteiger partial charge in [0.2, 0.25) is 0 Å². The van der Waals surface area contributed by atoms with Gasteiger partial charge in [-0.15, -0.1) is 0 Å². The van der Waals surface area contributed by atoms with E-state index >= 15 is 0 Å². The lowest BCUT2D eigenvalue weighted by Crippen LogP contribution is -2.34. The summed E-state index contributed by atoms with van der Waals surface area (Å²) in [5.74, 6) is 0.420. The lowest BCUT2D eigenvalue weighted by molar-refractivity contribution is 0.0764. The Kier molecular flexibility index (Phi) is 8.61. The van der Waals surface area contributed by atoms with Crippen LogP contribution in [0, 0.1) is 0 Å². The maximum absolute atomic E-state index is 6.18. The molecule has 1 atom stereocenters. The fraction of sp³-hybridized carbons (Fsp3) is 0.562. The van der Waals surface area contributed by atoms with E-state index in [-0.39, 0.29) is 12.1 Å². The molecule has 0 aromatic heterocycles. The average molecular weight is 346 g/mol. The van der Waals surface area contributed by atoms with Gasteiger partial charge in [-0.05, 0) is 51.3 Å². The van der Waals surface area contributed by atoms with Gasteiger partial charge in [0.05, 0.1) is 12.1 Å². The molecule has 1 aromatic carbocycles. The van der Waals surface area contributed by atoms with Crippen LogP contribution >= 0.6 is 23.2 Å². The van der Waals surface area contributed by atoms with E-state index in [1.165, 1.54) is 0 Å². The molecule has 22 heavy (non-hydrogen) atoms. The van der Waals surface area contributed by atoms with Crippen molar-refractivity contribution in [3.05, 3.63) is 33.8 Å². The Labute approximate surface area is 143 Å². The fourth-order valence-electron chi connectivity index (χ4n) is 1.93. The van der Waals surface area contributed by atoms with E-state index in [4.69, 9.17) is 33.7 Å². The van der Waals surface area contributed by atoms with E-state index in [1.807, 2.05) is 32.9 Å². The second-order valence-electron chi connectivity index (χ2n) is 5.43. The highest BCUT2D eigenvalue weighted by Gasteiger charge is 2.10. The second-order valence-corrected chi connectivity index (χ2v) is 6.27. The standard InChI is InChI=1S/C16H25Cl2N3O/c1-11(2)22-9-5-4-8-20-16(19)21-12(3)14-7-6-13(17)10-15(14)18/h6-7,10-12H,4-5,8-9H2,1-3H3,(H3,19,20,21). The molecule has 0 heterocycles. The predicted octanol–water partition coefficient (Wildman–Crippen LogP) is 4.16. The molecule has 0 bridgehead atoms. The Balaban J connectivity index is 2.36. The first-order valence-corrected chi connectivity index (χ1v) is 8.28. The van der Waals surface area contributed by atoms with Crippen LogP contribution in [0.25, 0.3) is 0 Å². The summed E-state index contributed by atoms with van der Waals surface area (Å²) in [6.07, 6.45) is 2.21. The molecular weight excluding hydrogens is 321 g/mol. The highest BCUT2D eigenvalue weighted by Crippen LogP contribution is 2.25.